The molecule has 0 radical (unpaired) electrons. The van der Waals surface area contributed by atoms with Crippen molar-refractivity contribution in [3.63, 3.8) is 0 Å². The fourth-order valence-corrected chi connectivity index (χ4v) is 7.64. The van der Waals surface area contributed by atoms with Gasteiger partial charge in [-0.05, 0) is 80.4 Å². The van der Waals surface area contributed by atoms with Crippen molar-refractivity contribution in [1.29, 1.82) is 0 Å². The van der Waals surface area contributed by atoms with Gasteiger partial charge in [0.15, 0.2) is 5.03 Å². The van der Waals surface area contributed by atoms with E-state index in [-0.39, 0.29) is 11.1 Å². The van der Waals surface area contributed by atoms with Crippen molar-refractivity contribution in [3.8, 4) is 0 Å². The van der Waals surface area contributed by atoms with Crippen molar-refractivity contribution >= 4 is 15.7 Å². The summed E-state index contributed by atoms with van der Waals surface area (Å²) in [6.45, 7) is 4.14. The Labute approximate surface area is 220 Å². The second-order valence-electron chi connectivity index (χ2n) is 10.9. The lowest BCUT2D eigenvalue weighted by Gasteiger charge is -2.46. The number of anilines is 1. The predicted molar refractivity (Wildman–Crippen MR) is 146 cm³/mol. The number of hydrogen-bond acceptors (Lipinski definition) is 5. The number of hydrogen-bond donors (Lipinski definition) is 1. The van der Waals surface area contributed by atoms with Gasteiger partial charge < -0.3 is 9.47 Å². The van der Waals surface area contributed by atoms with Crippen LogP contribution in [0.4, 0.5) is 5.69 Å². The molecule has 0 bridgehead atoms. The van der Waals surface area contributed by atoms with Crippen LogP contribution in [0.1, 0.15) is 48.3 Å². The zero-order valence-electron chi connectivity index (χ0n) is 21.6. The van der Waals surface area contributed by atoms with Gasteiger partial charge in [0, 0.05) is 50.0 Å². The van der Waals surface area contributed by atoms with Gasteiger partial charge in [0.1, 0.15) is 0 Å². The maximum atomic E-state index is 12.7. The Morgan fingerprint density at radius 3 is 2.46 bits per heavy atom. The average molecular weight is 520 g/mol. The zero-order chi connectivity index (χ0) is 25.4. The van der Waals surface area contributed by atoms with Gasteiger partial charge in [0.2, 0.25) is 0 Å². The van der Waals surface area contributed by atoms with Gasteiger partial charge in [-0.25, -0.2) is 18.1 Å². The van der Waals surface area contributed by atoms with Crippen molar-refractivity contribution in [2.24, 2.45) is 7.05 Å². The van der Waals surface area contributed by atoms with Crippen LogP contribution in [0.5, 0.6) is 0 Å². The summed E-state index contributed by atoms with van der Waals surface area (Å²) >= 11 is 0. The molecule has 2 fully saturated rings. The van der Waals surface area contributed by atoms with Crippen molar-refractivity contribution in [2.45, 2.75) is 61.6 Å². The van der Waals surface area contributed by atoms with E-state index in [2.05, 4.69) is 68.0 Å². The molecule has 8 heteroatoms. The number of rotatable bonds is 7. The third-order valence-corrected chi connectivity index (χ3v) is 9.90. The predicted octanol–water partition coefficient (Wildman–Crippen LogP) is 3.71. The topological polar surface area (TPSA) is 70.5 Å². The van der Waals surface area contributed by atoms with Crippen molar-refractivity contribution in [3.05, 3.63) is 77.7 Å². The standard InChI is InChI=1S/C29H37N5O2S/c1-32-20-29(30-21-32)37(35,36)31-24-12-16-33(17-13-24)25-10-8-23-9-11-28(34-14-5-15-34)27(26(23)19-25)18-22-6-3-2-4-7-22/h2-4,6-8,10,19-21,24,27-28,31H,5,9,11-18H2,1H3. The van der Waals surface area contributed by atoms with Gasteiger partial charge in [-0.1, -0.05) is 36.4 Å². The van der Waals surface area contributed by atoms with Gasteiger partial charge in [0.05, 0.1) is 6.33 Å². The molecule has 0 spiro atoms. The van der Waals surface area contributed by atoms with Gasteiger partial charge in [-0.2, -0.15) is 0 Å². The molecule has 6 rings (SSSR count). The molecule has 1 aliphatic carbocycles. The van der Waals surface area contributed by atoms with Crippen LogP contribution in [-0.2, 0) is 29.9 Å². The van der Waals surface area contributed by atoms with E-state index in [1.807, 2.05) is 0 Å². The quantitative estimate of drug-likeness (QED) is 0.515. The lowest BCUT2D eigenvalue weighted by atomic mass is 9.74. The SMILES string of the molecule is Cn1cnc(S(=O)(=O)NC2CCN(c3ccc4c(c3)C(Cc3ccccc3)C(N3CCC3)CC4)CC2)c1. The molecule has 0 amide bonds. The van der Waals surface area contributed by atoms with Crippen molar-refractivity contribution in [1.82, 2.24) is 19.2 Å². The van der Waals surface area contributed by atoms with E-state index >= 15 is 0 Å². The summed E-state index contributed by atoms with van der Waals surface area (Å²) in [5.74, 6) is 0.508. The fourth-order valence-electron chi connectivity index (χ4n) is 6.35. The number of fused-ring (bicyclic) bond motifs is 1. The lowest BCUT2D eigenvalue weighted by Crippen LogP contribution is -2.50. The normalized spacial score (nSPS) is 23.0. The molecule has 1 aromatic heterocycles. The van der Waals surface area contributed by atoms with Crippen LogP contribution in [-0.4, -0.2) is 61.1 Å². The highest BCUT2D eigenvalue weighted by atomic mass is 32.2. The number of piperidine rings is 1. The van der Waals surface area contributed by atoms with Crippen LogP contribution >= 0.6 is 0 Å². The molecule has 1 N–H and O–H groups in total. The first-order chi connectivity index (χ1) is 18.0. The maximum Gasteiger partial charge on any atom is 0.259 e. The Morgan fingerprint density at radius 2 is 1.78 bits per heavy atom. The molecule has 2 unspecified atom stereocenters. The molecular formula is C29H37N5O2S. The zero-order valence-corrected chi connectivity index (χ0v) is 22.4. The molecule has 2 aromatic carbocycles. The third kappa shape index (κ3) is 5.19. The Morgan fingerprint density at radius 1 is 1.00 bits per heavy atom. The van der Waals surface area contributed by atoms with E-state index in [0.717, 1.165) is 38.8 Å². The van der Waals surface area contributed by atoms with E-state index in [1.165, 1.54) is 54.6 Å². The van der Waals surface area contributed by atoms with Crippen LogP contribution in [0.25, 0.3) is 0 Å². The van der Waals surface area contributed by atoms with Gasteiger partial charge in [-0.3, -0.25) is 4.90 Å². The van der Waals surface area contributed by atoms with Gasteiger partial charge in [-0.15, -0.1) is 0 Å². The summed E-state index contributed by atoms with van der Waals surface area (Å²) in [6.07, 6.45) is 9.43. The van der Waals surface area contributed by atoms with E-state index in [4.69, 9.17) is 0 Å². The number of imidazole rings is 1. The highest BCUT2D eigenvalue weighted by Gasteiger charge is 2.36. The van der Waals surface area contributed by atoms with E-state index in [9.17, 15) is 8.42 Å². The summed E-state index contributed by atoms with van der Waals surface area (Å²) in [6, 6.07) is 18.6. The highest BCUT2D eigenvalue weighted by Crippen LogP contribution is 2.40. The number of benzene rings is 2. The number of aromatic nitrogens is 2. The molecular weight excluding hydrogens is 482 g/mol. The Bertz CT molecular complexity index is 1330. The summed E-state index contributed by atoms with van der Waals surface area (Å²) in [5, 5.41) is 0.0910. The van der Waals surface area contributed by atoms with E-state index < -0.39 is 10.0 Å². The summed E-state index contributed by atoms with van der Waals surface area (Å²) in [7, 11) is -1.81. The summed E-state index contributed by atoms with van der Waals surface area (Å²) in [4.78, 5) is 9.15. The first-order valence-corrected chi connectivity index (χ1v) is 15.1. The summed E-state index contributed by atoms with van der Waals surface area (Å²) in [5.41, 5.74) is 5.70. The van der Waals surface area contributed by atoms with Crippen molar-refractivity contribution < 1.29 is 8.42 Å². The molecule has 2 atom stereocenters. The second kappa shape index (κ2) is 10.2. The largest absolute Gasteiger partial charge is 0.371 e. The van der Waals surface area contributed by atoms with E-state index in [0.29, 0.717) is 12.0 Å². The molecule has 196 valence electrons. The minimum absolute atomic E-state index is 0.0671. The smallest absolute Gasteiger partial charge is 0.259 e. The van der Waals surface area contributed by atoms with Crippen LogP contribution < -0.4 is 9.62 Å². The molecule has 7 nitrogen and oxygen atoms in total. The van der Waals surface area contributed by atoms with Crippen LogP contribution in [0.2, 0.25) is 0 Å². The average Bonchev–Trinajstić information content (AvgIpc) is 3.32. The third-order valence-electron chi connectivity index (χ3n) is 8.50. The number of sulfonamides is 1. The molecule has 0 saturated carbocycles. The maximum absolute atomic E-state index is 12.7. The molecule has 2 saturated heterocycles. The second-order valence-corrected chi connectivity index (χ2v) is 12.6. The van der Waals surface area contributed by atoms with Crippen LogP contribution in [0.3, 0.4) is 0 Å². The minimum atomic E-state index is -3.59. The number of likely N-dealkylation sites (tertiary alicyclic amines) is 1. The number of aryl methyl sites for hydroxylation is 2. The molecule has 2 aliphatic heterocycles. The molecule has 3 heterocycles. The Kier molecular flexibility index (Phi) is 6.82. The first-order valence-electron chi connectivity index (χ1n) is 13.6. The van der Waals surface area contributed by atoms with Gasteiger partial charge in [0.25, 0.3) is 10.0 Å². The molecule has 3 aliphatic rings. The number of nitrogens with one attached hydrogen (secondary N) is 1. The van der Waals surface area contributed by atoms with Gasteiger partial charge >= 0.3 is 0 Å². The highest BCUT2D eigenvalue weighted by molar-refractivity contribution is 7.89. The minimum Gasteiger partial charge on any atom is -0.371 e. The lowest BCUT2D eigenvalue weighted by molar-refractivity contribution is 0.0877. The van der Waals surface area contributed by atoms with Crippen molar-refractivity contribution in [2.75, 3.05) is 31.1 Å². The first kappa shape index (κ1) is 24.6. The van der Waals surface area contributed by atoms with Crippen LogP contribution in [0.15, 0.2) is 66.1 Å². The number of nitrogens with zero attached hydrogens (tertiary/aromatic N) is 4. The van der Waals surface area contributed by atoms with E-state index in [1.54, 1.807) is 17.8 Å². The Hall–Kier alpha value is -2.68. The Balaban J connectivity index is 1.18. The van der Waals surface area contributed by atoms with Crippen LogP contribution in [0, 0.1) is 0 Å². The fraction of sp³-hybridized carbons (Fsp3) is 0.483. The monoisotopic (exact) mass is 519 g/mol. The molecule has 37 heavy (non-hydrogen) atoms. The summed E-state index contributed by atoms with van der Waals surface area (Å²) < 4.78 is 30.0. The molecule has 3 aromatic rings.